The first-order chi connectivity index (χ1) is 20.7. The fourth-order valence-corrected chi connectivity index (χ4v) is 7.43. The Bertz CT molecular complexity index is 1380. The van der Waals surface area contributed by atoms with Crippen molar-refractivity contribution in [2.45, 2.75) is 84.0 Å². The van der Waals surface area contributed by atoms with Crippen LogP contribution in [0.5, 0.6) is 5.75 Å². The topological polar surface area (TPSA) is 78.9 Å². The molecule has 43 heavy (non-hydrogen) atoms. The Kier molecular flexibility index (Phi) is 9.55. The number of rotatable bonds is 9. The van der Waals surface area contributed by atoms with Gasteiger partial charge in [0.05, 0.1) is 13.2 Å². The van der Waals surface area contributed by atoms with Crippen LogP contribution >= 0.6 is 0 Å². The number of nitrogens with one attached hydrogen (secondary N) is 1. The molecule has 0 aromatic heterocycles. The SMILES string of the molecule is COc1ccc(Cc2ccccc2)cc1CN[C@H]1[C@H](C(C)(C)C)[C@@H](C(=O)O)N(C(=O)C2CCCCC2)[C@H]1c1ccccc1. The number of amides is 1. The number of hydrogen-bond donors (Lipinski definition) is 2. The second kappa shape index (κ2) is 13.3. The second-order valence-corrected chi connectivity index (χ2v) is 13.3. The van der Waals surface area contributed by atoms with Crippen LogP contribution in [0.4, 0.5) is 0 Å². The van der Waals surface area contributed by atoms with Crippen LogP contribution < -0.4 is 10.1 Å². The van der Waals surface area contributed by atoms with Crippen molar-refractivity contribution in [2.75, 3.05) is 7.11 Å². The van der Waals surface area contributed by atoms with E-state index in [1.54, 1.807) is 12.0 Å². The number of likely N-dealkylation sites (tertiary alicyclic amines) is 1. The molecule has 1 aliphatic carbocycles. The first kappa shape index (κ1) is 30.8. The van der Waals surface area contributed by atoms with E-state index in [0.717, 1.165) is 55.4 Å². The molecule has 228 valence electrons. The van der Waals surface area contributed by atoms with Gasteiger partial charge in [0.15, 0.2) is 0 Å². The number of ether oxygens (including phenoxy) is 1. The summed E-state index contributed by atoms with van der Waals surface area (Å²) < 4.78 is 5.77. The third kappa shape index (κ3) is 6.80. The zero-order valence-corrected chi connectivity index (χ0v) is 26.0. The van der Waals surface area contributed by atoms with Gasteiger partial charge in [-0.25, -0.2) is 4.79 Å². The van der Waals surface area contributed by atoms with Crippen molar-refractivity contribution in [1.82, 2.24) is 10.2 Å². The molecule has 0 spiro atoms. The van der Waals surface area contributed by atoms with Gasteiger partial charge >= 0.3 is 5.97 Å². The van der Waals surface area contributed by atoms with Gasteiger partial charge in [-0.3, -0.25) is 4.79 Å². The number of aliphatic carboxylic acids is 1. The molecule has 2 aliphatic rings. The van der Waals surface area contributed by atoms with Gasteiger partial charge in [-0.05, 0) is 47.4 Å². The first-order valence-electron chi connectivity index (χ1n) is 15.7. The van der Waals surface area contributed by atoms with Gasteiger partial charge in [0, 0.05) is 30.0 Å². The lowest BCUT2D eigenvalue weighted by Crippen LogP contribution is -2.49. The first-order valence-corrected chi connectivity index (χ1v) is 15.7. The molecule has 0 bridgehead atoms. The molecule has 1 aliphatic heterocycles. The van der Waals surface area contributed by atoms with E-state index >= 15 is 0 Å². The average Bonchev–Trinajstić information content (AvgIpc) is 3.37. The summed E-state index contributed by atoms with van der Waals surface area (Å²) in [6.07, 6.45) is 5.63. The molecule has 2 N–H and O–H groups in total. The molecule has 6 heteroatoms. The lowest BCUT2D eigenvalue weighted by atomic mass is 9.72. The fourth-order valence-electron chi connectivity index (χ4n) is 7.43. The highest BCUT2D eigenvalue weighted by molar-refractivity contribution is 5.87. The van der Waals surface area contributed by atoms with E-state index in [1.165, 1.54) is 11.1 Å². The van der Waals surface area contributed by atoms with Gasteiger partial charge in [0.25, 0.3) is 0 Å². The quantitative estimate of drug-likeness (QED) is 0.283. The molecule has 6 nitrogen and oxygen atoms in total. The van der Waals surface area contributed by atoms with Crippen LogP contribution in [-0.4, -0.2) is 41.1 Å². The summed E-state index contributed by atoms with van der Waals surface area (Å²) in [6, 6.07) is 25.1. The number of carbonyl (C=O) groups excluding carboxylic acids is 1. The summed E-state index contributed by atoms with van der Waals surface area (Å²) in [4.78, 5) is 29.2. The molecule has 1 heterocycles. The Morgan fingerprint density at radius 2 is 1.56 bits per heavy atom. The van der Waals surface area contributed by atoms with Crippen LogP contribution in [0.1, 0.15) is 81.2 Å². The van der Waals surface area contributed by atoms with E-state index in [0.29, 0.717) is 6.54 Å². The zero-order chi connectivity index (χ0) is 30.6. The standard InChI is InChI=1S/C37H46N2O4/c1-37(2,3)31-32(38-24-29-23-26(20-21-30(29)43-4)22-25-14-8-5-9-15-25)33(27-16-10-6-11-17-27)39(34(31)36(41)42)35(40)28-18-12-7-13-19-28/h5-6,8-11,14-17,20-21,23,28,31-34,38H,7,12-13,18-19,22,24H2,1-4H3,(H,41,42)/t31-,32-,33-,34-/m0/s1. The summed E-state index contributed by atoms with van der Waals surface area (Å²) >= 11 is 0. The predicted octanol–water partition coefficient (Wildman–Crippen LogP) is 7.02. The van der Waals surface area contributed by atoms with Crippen LogP contribution in [0, 0.1) is 17.3 Å². The average molecular weight is 583 g/mol. The van der Waals surface area contributed by atoms with Crippen LogP contribution in [-0.2, 0) is 22.6 Å². The maximum absolute atomic E-state index is 14.3. The summed E-state index contributed by atoms with van der Waals surface area (Å²) in [5.41, 5.74) is 4.01. The van der Waals surface area contributed by atoms with Crippen LogP contribution in [0.15, 0.2) is 78.9 Å². The molecule has 1 saturated carbocycles. The van der Waals surface area contributed by atoms with Gasteiger partial charge < -0.3 is 20.1 Å². The van der Waals surface area contributed by atoms with Crippen molar-refractivity contribution in [3.8, 4) is 5.75 Å². The van der Waals surface area contributed by atoms with Gasteiger partial charge in [-0.2, -0.15) is 0 Å². The number of nitrogens with zero attached hydrogens (tertiary/aromatic N) is 1. The molecule has 3 aromatic carbocycles. The van der Waals surface area contributed by atoms with Crippen molar-refractivity contribution in [3.63, 3.8) is 0 Å². The third-order valence-electron chi connectivity index (χ3n) is 9.39. The van der Waals surface area contributed by atoms with E-state index in [4.69, 9.17) is 4.74 Å². The highest BCUT2D eigenvalue weighted by Gasteiger charge is 2.58. The van der Waals surface area contributed by atoms with Crippen LogP contribution in [0.25, 0.3) is 0 Å². The fraction of sp³-hybridized carbons (Fsp3) is 0.459. The molecule has 3 aromatic rings. The number of carboxylic acids is 1. The monoisotopic (exact) mass is 582 g/mol. The van der Waals surface area contributed by atoms with Gasteiger partial charge in [0.2, 0.25) is 5.91 Å². The summed E-state index contributed by atoms with van der Waals surface area (Å²) in [6.45, 7) is 6.78. The zero-order valence-electron chi connectivity index (χ0n) is 26.0. The molecule has 0 unspecified atom stereocenters. The molecular formula is C37H46N2O4. The molecule has 2 fully saturated rings. The predicted molar refractivity (Wildman–Crippen MR) is 170 cm³/mol. The molecule has 5 rings (SSSR count). The summed E-state index contributed by atoms with van der Waals surface area (Å²) in [5.74, 6) is -0.605. The largest absolute Gasteiger partial charge is 0.496 e. The highest BCUT2D eigenvalue weighted by atomic mass is 16.5. The van der Waals surface area contributed by atoms with Gasteiger partial charge in [-0.1, -0.05) is 113 Å². The van der Waals surface area contributed by atoms with E-state index in [1.807, 2.05) is 42.5 Å². The van der Waals surface area contributed by atoms with Crippen molar-refractivity contribution < 1.29 is 19.4 Å². The van der Waals surface area contributed by atoms with Crippen LogP contribution in [0.3, 0.4) is 0 Å². The minimum absolute atomic E-state index is 0.0121. The molecule has 0 radical (unpaired) electrons. The maximum atomic E-state index is 14.3. The minimum atomic E-state index is -0.934. The second-order valence-electron chi connectivity index (χ2n) is 13.3. The van der Waals surface area contributed by atoms with Crippen molar-refractivity contribution in [3.05, 3.63) is 101 Å². The minimum Gasteiger partial charge on any atom is -0.496 e. The Hall–Kier alpha value is -3.64. The van der Waals surface area contributed by atoms with Crippen LogP contribution in [0.2, 0.25) is 0 Å². The summed E-state index contributed by atoms with van der Waals surface area (Å²) in [5, 5.41) is 14.6. The van der Waals surface area contributed by atoms with Crippen molar-refractivity contribution >= 4 is 11.9 Å². The third-order valence-corrected chi connectivity index (χ3v) is 9.39. The van der Waals surface area contributed by atoms with E-state index in [9.17, 15) is 14.7 Å². The molecule has 1 amide bonds. The van der Waals surface area contributed by atoms with Crippen molar-refractivity contribution in [2.24, 2.45) is 17.3 Å². The maximum Gasteiger partial charge on any atom is 0.326 e. The Morgan fingerprint density at radius 1 is 0.907 bits per heavy atom. The number of hydrogen-bond acceptors (Lipinski definition) is 4. The molecule has 4 atom stereocenters. The Morgan fingerprint density at radius 3 is 2.16 bits per heavy atom. The Balaban J connectivity index is 1.53. The Labute approximate surface area is 256 Å². The number of carbonyl (C=O) groups is 2. The number of carboxylic acid groups (broad SMARTS) is 1. The van der Waals surface area contributed by atoms with E-state index in [-0.39, 0.29) is 29.2 Å². The van der Waals surface area contributed by atoms with E-state index in [2.05, 4.69) is 62.5 Å². The highest BCUT2D eigenvalue weighted by Crippen LogP contribution is 2.49. The molecular weight excluding hydrogens is 536 g/mol. The number of benzene rings is 3. The summed E-state index contributed by atoms with van der Waals surface area (Å²) in [7, 11) is 1.68. The number of methoxy groups -OCH3 is 1. The van der Waals surface area contributed by atoms with Gasteiger partial charge in [0.1, 0.15) is 11.8 Å². The van der Waals surface area contributed by atoms with E-state index < -0.39 is 18.1 Å². The normalized spacial score (nSPS) is 22.8. The molecule has 1 saturated heterocycles. The van der Waals surface area contributed by atoms with Crippen molar-refractivity contribution in [1.29, 1.82) is 0 Å². The smallest absolute Gasteiger partial charge is 0.326 e. The van der Waals surface area contributed by atoms with Gasteiger partial charge in [-0.15, -0.1) is 0 Å². The lowest BCUT2D eigenvalue weighted by Gasteiger charge is -2.36. The lowest BCUT2D eigenvalue weighted by molar-refractivity contribution is -0.154.